The summed E-state index contributed by atoms with van der Waals surface area (Å²) < 4.78 is 5.16. The van der Waals surface area contributed by atoms with Gasteiger partial charge >= 0.3 is 5.97 Å². The Labute approximate surface area is 208 Å². The molecule has 0 saturated carbocycles. The van der Waals surface area contributed by atoms with Gasteiger partial charge in [-0.25, -0.2) is 9.69 Å². The van der Waals surface area contributed by atoms with E-state index in [9.17, 15) is 19.2 Å². The Morgan fingerprint density at radius 2 is 1.47 bits per heavy atom. The fourth-order valence-electron chi connectivity index (χ4n) is 4.53. The highest BCUT2D eigenvalue weighted by molar-refractivity contribution is 6.34. The summed E-state index contributed by atoms with van der Waals surface area (Å²) in [6.45, 7) is 3.57. The monoisotopic (exact) mass is 483 g/mol. The molecule has 0 aromatic heterocycles. The molecule has 5 rings (SSSR count). The van der Waals surface area contributed by atoms with Gasteiger partial charge in [0.2, 0.25) is 0 Å². The van der Waals surface area contributed by atoms with Gasteiger partial charge in [-0.3, -0.25) is 14.4 Å². The molecule has 0 unspecified atom stereocenters. The molecule has 3 amide bonds. The first-order chi connectivity index (χ1) is 17.4. The average Bonchev–Trinajstić information content (AvgIpc) is 3.51. The van der Waals surface area contributed by atoms with Gasteiger partial charge in [0, 0.05) is 24.5 Å². The normalized spacial score (nSPS) is 14.7. The van der Waals surface area contributed by atoms with Crippen LogP contribution >= 0.6 is 0 Å². The predicted octanol–water partition coefficient (Wildman–Crippen LogP) is 4.19. The predicted molar refractivity (Wildman–Crippen MR) is 136 cm³/mol. The number of rotatable bonds is 6. The summed E-state index contributed by atoms with van der Waals surface area (Å²) in [6.07, 6.45) is 2.38. The molecular formula is C28H25N3O5. The van der Waals surface area contributed by atoms with E-state index in [1.807, 2.05) is 25.1 Å². The molecule has 2 aliphatic heterocycles. The number of nitrogens with zero attached hydrogens (tertiary/aromatic N) is 2. The molecule has 0 radical (unpaired) electrons. The maximum atomic E-state index is 12.6. The van der Waals surface area contributed by atoms with E-state index in [4.69, 9.17) is 4.74 Å². The molecule has 8 heteroatoms. The van der Waals surface area contributed by atoms with Crippen LogP contribution < -0.4 is 15.1 Å². The number of esters is 1. The van der Waals surface area contributed by atoms with Gasteiger partial charge in [-0.05, 0) is 79.9 Å². The van der Waals surface area contributed by atoms with Crippen molar-refractivity contribution in [1.29, 1.82) is 0 Å². The molecule has 1 saturated heterocycles. The van der Waals surface area contributed by atoms with Gasteiger partial charge in [-0.15, -0.1) is 0 Å². The van der Waals surface area contributed by atoms with Crippen LogP contribution in [0.3, 0.4) is 0 Å². The summed E-state index contributed by atoms with van der Waals surface area (Å²) >= 11 is 0. The highest BCUT2D eigenvalue weighted by Crippen LogP contribution is 2.29. The minimum Gasteiger partial charge on any atom is -0.452 e. The fourth-order valence-corrected chi connectivity index (χ4v) is 4.53. The second kappa shape index (κ2) is 9.65. The van der Waals surface area contributed by atoms with E-state index < -0.39 is 30.3 Å². The van der Waals surface area contributed by atoms with Gasteiger partial charge in [-0.1, -0.05) is 12.1 Å². The summed E-state index contributed by atoms with van der Waals surface area (Å²) in [7, 11) is 0. The number of aryl methyl sites for hydroxylation is 1. The van der Waals surface area contributed by atoms with E-state index >= 15 is 0 Å². The van der Waals surface area contributed by atoms with Crippen molar-refractivity contribution in [3.05, 3.63) is 89.0 Å². The van der Waals surface area contributed by atoms with E-state index in [0.717, 1.165) is 29.2 Å². The Morgan fingerprint density at radius 1 is 0.861 bits per heavy atom. The van der Waals surface area contributed by atoms with Gasteiger partial charge in [0.05, 0.1) is 22.4 Å². The Kier molecular flexibility index (Phi) is 6.25. The van der Waals surface area contributed by atoms with Crippen molar-refractivity contribution in [2.24, 2.45) is 0 Å². The van der Waals surface area contributed by atoms with Crippen LogP contribution in [-0.2, 0) is 9.53 Å². The van der Waals surface area contributed by atoms with E-state index in [1.54, 1.807) is 24.3 Å². The molecule has 36 heavy (non-hydrogen) atoms. The Balaban J connectivity index is 1.17. The van der Waals surface area contributed by atoms with Crippen LogP contribution in [0.25, 0.3) is 0 Å². The average molecular weight is 484 g/mol. The SMILES string of the molecule is Cc1cc(N2CCCC2)ccc1NC(=O)COC(=O)c1ccc(N2C(=O)c3ccccc3C2=O)cc1. The molecule has 2 heterocycles. The number of carbonyl (C=O) groups is 4. The third-order valence-corrected chi connectivity index (χ3v) is 6.44. The molecule has 0 bridgehead atoms. The molecule has 8 nitrogen and oxygen atoms in total. The standard InChI is InChI=1S/C28H25N3O5/c1-18-16-21(30-14-4-5-15-30)12-13-24(18)29-25(32)17-36-28(35)19-8-10-20(11-9-19)31-26(33)22-6-2-3-7-23(22)27(31)34/h2-3,6-13,16H,4-5,14-15,17H2,1H3,(H,29,32). The van der Waals surface area contributed by atoms with Crippen LogP contribution in [-0.4, -0.2) is 43.4 Å². The van der Waals surface area contributed by atoms with Crippen molar-refractivity contribution in [2.45, 2.75) is 19.8 Å². The van der Waals surface area contributed by atoms with Gasteiger partial charge in [0.15, 0.2) is 6.61 Å². The highest BCUT2D eigenvalue weighted by Gasteiger charge is 2.36. The number of carbonyl (C=O) groups excluding carboxylic acids is 4. The largest absolute Gasteiger partial charge is 0.452 e. The molecule has 3 aromatic carbocycles. The topological polar surface area (TPSA) is 96.0 Å². The quantitative estimate of drug-likeness (QED) is 0.417. The number of nitrogens with one attached hydrogen (secondary N) is 1. The highest BCUT2D eigenvalue weighted by atomic mass is 16.5. The number of anilines is 3. The number of ether oxygens (including phenoxy) is 1. The molecule has 182 valence electrons. The first kappa shape index (κ1) is 23.3. The zero-order chi connectivity index (χ0) is 25.2. The molecule has 3 aromatic rings. The van der Waals surface area contributed by atoms with E-state index in [2.05, 4.69) is 10.2 Å². The van der Waals surface area contributed by atoms with Gasteiger partial charge in [0.1, 0.15) is 0 Å². The summed E-state index contributed by atoms with van der Waals surface area (Å²) in [4.78, 5) is 53.5. The van der Waals surface area contributed by atoms with Crippen molar-refractivity contribution in [1.82, 2.24) is 0 Å². The number of hydrogen-bond donors (Lipinski definition) is 1. The number of fused-ring (bicyclic) bond motifs is 1. The Morgan fingerprint density at radius 3 is 2.08 bits per heavy atom. The number of benzene rings is 3. The van der Waals surface area contributed by atoms with Crippen molar-refractivity contribution in [3.8, 4) is 0 Å². The fraction of sp³-hybridized carbons (Fsp3) is 0.214. The lowest BCUT2D eigenvalue weighted by Gasteiger charge is -2.19. The third kappa shape index (κ3) is 4.45. The molecule has 1 N–H and O–H groups in total. The molecule has 0 spiro atoms. The van der Waals surface area contributed by atoms with E-state index in [1.165, 1.54) is 37.1 Å². The van der Waals surface area contributed by atoms with Gasteiger partial charge in [-0.2, -0.15) is 0 Å². The molecule has 2 aliphatic rings. The lowest BCUT2D eigenvalue weighted by atomic mass is 10.1. The zero-order valence-electron chi connectivity index (χ0n) is 19.8. The van der Waals surface area contributed by atoms with Crippen LogP contribution in [0.5, 0.6) is 0 Å². The number of amides is 3. The summed E-state index contributed by atoms with van der Waals surface area (Å²) in [6, 6.07) is 18.4. The van der Waals surface area contributed by atoms with Crippen LogP contribution in [0.15, 0.2) is 66.7 Å². The van der Waals surface area contributed by atoms with Gasteiger partial charge < -0.3 is 15.0 Å². The van der Waals surface area contributed by atoms with Crippen molar-refractivity contribution < 1.29 is 23.9 Å². The van der Waals surface area contributed by atoms with E-state index in [-0.39, 0.29) is 5.56 Å². The van der Waals surface area contributed by atoms with Gasteiger partial charge in [0.25, 0.3) is 17.7 Å². The Hall–Kier alpha value is -4.46. The smallest absolute Gasteiger partial charge is 0.338 e. The van der Waals surface area contributed by atoms with Crippen molar-refractivity contribution in [3.63, 3.8) is 0 Å². The molecule has 0 aliphatic carbocycles. The minimum absolute atomic E-state index is 0.203. The maximum absolute atomic E-state index is 12.6. The first-order valence-electron chi connectivity index (χ1n) is 11.8. The second-order valence-electron chi connectivity index (χ2n) is 8.86. The third-order valence-electron chi connectivity index (χ3n) is 6.44. The summed E-state index contributed by atoms with van der Waals surface area (Å²) in [5.41, 5.74) is 3.99. The van der Waals surface area contributed by atoms with Crippen LogP contribution in [0, 0.1) is 6.92 Å². The molecule has 1 fully saturated rings. The summed E-state index contributed by atoms with van der Waals surface area (Å²) in [5.74, 6) is -1.94. The Bertz CT molecular complexity index is 1320. The first-order valence-corrected chi connectivity index (χ1v) is 11.8. The van der Waals surface area contributed by atoms with Crippen LogP contribution in [0.1, 0.15) is 49.5 Å². The minimum atomic E-state index is -0.680. The van der Waals surface area contributed by atoms with Crippen LogP contribution in [0.2, 0.25) is 0 Å². The molecule has 0 atom stereocenters. The second-order valence-corrected chi connectivity index (χ2v) is 8.86. The van der Waals surface area contributed by atoms with Crippen molar-refractivity contribution in [2.75, 3.05) is 34.8 Å². The molecular weight excluding hydrogens is 458 g/mol. The zero-order valence-corrected chi connectivity index (χ0v) is 19.8. The summed E-state index contributed by atoms with van der Waals surface area (Å²) in [5, 5.41) is 2.78. The lowest BCUT2D eigenvalue weighted by Crippen LogP contribution is -2.29. The number of imide groups is 1. The van der Waals surface area contributed by atoms with E-state index in [0.29, 0.717) is 22.5 Å². The van der Waals surface area contributed by atoms with Crippen LogP contribution in [0.4, 0.5) is 17.1 Å². The van der Waals surface area contributed by atoms with Crippen molar-refractivity contribution >= 4 is 40.8 Å². The maximum Gasteiger partial charge on any atom is 0.338 e. The number of hydrogen-bond acceptors (Lipinski definition) is 6. The lowest BCUT2D eigenvalue weighted by molar-refractivity contribution is -0.119.